The van der Waals surface area contributed by atoms with Gasteiger partial charge in [-0.15, -0.1) is 0 Å². The summed E-state index contributed by atoms with van der Waals surface area (Å²) in [6.45, 7) is 0.389. The lowest BCUT2D eigenvalue weighted by atomic mass is 10.1. The number of alkyl halides is 3. The molecule has 0 heterocycles. The normalized spacial score (nSPS) is 11.7. The van der Waals surface area contributed by atoms with Gasteiger partial charge in [0.05, 0.1) is 10.6 Å². The van der Waals surface area contributed by atoms with Crippen molar-refractivity contribution < 1.29 is 13.2 Å². The Kier molecular flexibility index (Phi) is 5.19. The second-order valence-corrected chi connectivity index (χ2v) is 5.88. The van der Waals surface area contributed by atoms with E-state index in [0.717, 1.165) is 11.8 Å². The van der Waals surface area contributed by atoms with Gasteiger partial charge in [-0.1, -0.05) is 41.6 Å². The molecule has 0 aromatic heterocycles. The van der Waals surface area contributed by atoms with Crippen molar-refractivity contribution in [3.63, 3.8) is 0 Å². The van der Waals surface area contributed by atoms with Crippen molar-refractivity contribution in [2.24, 2.45) is 0 Å². The highest BCUT2D eigenvalue weighted by molar-refractivity contribution is 7.99. The molecule has 0 fully saturated rings. The molecule has 0 aliphatic rings. The first-order valence-electron chi connectivity index (χ1n) is 6.19. The average molecular weight is 332 g/mol. The third-order valence-electron chi connectivity index (χ3n) is 2.79. The summed E-state index contributed by atoms with van der Waals surface area (Å²) in [6, 6.07) is 11.2. The highest BCUT2D eigenvalue weighted by atomic mass is 35.5. The van der Waals surface area contributed by atoms with E-state index in [1.165, 1.54) is 12.1 Å². The van der Waals surface area contributed by atoms with Crippen molar-refractivity contribution in [2.75, 3.05) is 7.05 Å². The van der Waals surface area contributed by atoms with E-state index in [1.807, 2.05) is 0 Å². The van der Waals surface area contributed by atoms with Crippen LogP contribution in [0, 0.1) is 0 Å². The van der Waals surface area contributed by atoms with Gasteiger partial charge in [0.25, 0.3) is 0 Å². The number of hydrogen-bond donors (Lipinski definition) is 1. The number of rotatable bonds is 4. The molecule has 2 rings (SSSR count). The maximum atomic E-state index is 13.2. The van der Waals surface area contributed by atoms with E-state index in [-0.39, 0.29) is 4.90 Å². The zero-order valence-electron chi connectivity index (χ0n) is 11.2. The zero-order valence-corrected chi connectivity index (χ0v) is 12.7. The van der Waals surface area contributed by atoms with Crippen molar-refractivity contribution in [3.05, 3.63) is 58.6 Å². The molecule has 0 saturated heterocycles. The second kappa shape index (κ2) is 6.73. The Balaban J connectivity index is 2.41. The standard InChI is InChI=1S/C15H13ClF3NS/c1-20-9-10-6-7-13(11(8-10)15(17,18)19)21-14-5-3-2-4-12(14)16/h2-8,20H,9H2,1H3. The minimum Gasteiger partial charge on any atom is -0.316 e. The fraction of sp³-hybridized carbons (Fsp3) is 0.200. The van der Waals surface area contributed by atoms with Crippen molar-refractivity contribution >= 4 is 23.4 Å². The first-order chi connectivity index (χ1) is 9.91. The maximum absolute atomic E-state index is 13.2. The summed E-state index contributed by atoms with van der Waals surface area (Å²) in [5.74, 6) is 0. The van der Waals surface area contributed by atoms with E-state index >= 15 is 0 Å². The third kappa shape index (κ3) is 4.15. The van der Waals surface area contributed by atoms with Crippen LogP contribution in [0.1, 0.15) is 11.1 Å². The zero-order chi connectivity index (χ0) is 15.5. The highest BCUT2D eigenvalue weighted by Gasteiger charge is 2.34. The summed E-state index contributed by atoms with van der Waals surface area (Å²) >= 11 is 7.03. The van der Waals surface area contributed by atoms with Crippen LogP contribution in [0.3, 0.4) is 0 Å². The number of nitrogens with one attached hydrogen (secondary N) is 1. The molecule has 112 valence electrons. The summed E-state index contributed by atoms with van der Waals surface area (Å²) in [5.41, 5.74) is -0.0477. The van der Waals surface area contributed by atoms with Crippen molar-refractivity contribution in [1.29, 1.82) is 0 Å². The number of benzene rings is 2. The van der Waals surface area contributed by atoms with Crippen LogP contribution in [0.2, 0.25) is 5.02 Å². The van der Waals surface area contributed by atoms with Crippen LogP contribution in [-0.2, 0) is 12.7 Å². The largest absolute Gasteiger partial charge is 0.417 e. The molecule has 0 aliphatic carbocycles. The lowest BCUT2D eigenvalue weighted by molar-refractivity contribution is -0.139. The molecule has 1 nitrogen and oxygen atoms in total. The quantitative estimate of drug-likeness (QED) is 0.823. The Morgan fingerprint density at radius 2 is 1.81 bits per heavy atom. The smallest absolute Gasteiger partial charge is 0.316 e. The third-order valence-corrected chi connectivity index (χ3v) is 4.38. The molecule has 0 radical (unpaired) electrons. The SMILES string of the molecule is CNCc1ccc(Sc2ccccc2Cl)c(C(F)(F)F)c1. The first-order valence-corrected chi connectivity index (χ1v) is 7.38. The van der Waals surface area contributed by atoms with Crippen molar-refractivity contribution in [3.8, 4) is 0 Å². The molecule has 0 amide bonds. The van der Waals surface area contributed by atoms with Gasteiger partial charge in [0.1, 0.15) is 0 Å². The first kappa shape index (κ1) is 16.2. The maximum Gasteiger partial charge on any atom is 0.417 e. The molecule has 0 atom stereocenters. The Labute approximate surface area is 130 Å². The van der Waals surface area contributed by atoms with Crippen LogP contribution in [0.4, 0.5) is 13.2 Å². The van der Waals surface area contributed by atoms with E-state index in [0.29, 0.717) is 22.0 Å². The van der Waals surface area contributed by atoms with E-state index in [9.17, 15) is 13.2 Å². The summed E-state index contributed by atoms with van der Waals surface area (Å²) < 4.78 is 39.6. The van der Waals surface area contributed by atoms with Gasteiger partial charge in [0, 0.05) is 16.3 Å². The average Bonchev–Trinajstić information content (AvgIpc) is 2.42. The van der Waals surface area contributed by atoms with Crippen LogP contribution in [0.25, 0.3) is 0 Å². The molecule has 0 bridgehead atoms. The molecule has 1 N–H and O–H groups in total. The Bertz CT molecular complexity index is 629. The van der Waals surface area contributed by atoms with E-state index in [2.05, 4.69) is 5.32 Å². The van der Waals surface area contributed by atoms with Crippen LogP contribution >= 0.6 is 23.4 Å². The summed E-state index contributed by atoms with van der Waals surface area (Å²) in [4.78, 5) is 0.751. The van der Waals surface area contributed by atoms with Crippen LogP contribution < -0.4 is 5.32 Å². The van der Waals surface area contributed by atoms with Gasteiger partial charge < -0.3 is 5.32 Å². The van der Waals surface area contributed by atoms with Gasteiger partial charge in [-0.25, -0.2) is 0 Å². The second-order valence-electron chi connectivity index (χ2n) is 4.39. The summed E-state index contributed by atoms with van der Waals surface area (Å²) in [6.07, 6.45) is -4.40. The van der Waals surface area contributed by atoms with Gasteiger partial charge in [0.15, 0.2) is 0 Å². The molecule has 0 saturated carbocycles. The molecule has 0 unspecified atom stereocenters. The molecule has 21 heavy (non-hydrogen) atoms. The molecule has 0 spiro atoms. The van der Waals surface area contributed by atoms with Crippen LogP contribution in [0.5, 0.6) is 0 Å². The predicted octanol–water partition coefficient (Wildman–Crippen LogP) is 5.23. The predicted molar refractivity (Wildman–Crippen MR) is 79.8 cm³/mol. The van der Waals surface area contributed by atoms with E-state index < -0.39 is 11.7 Å². The Hall–Kier alpha value is -1.17. The fourth-order valence-electron chi connectivity index (χ4n) is 1.85. The topological polar surface area (TPSA) is 12.0 Å². The fourth-order valence-corrected chi connectivity index (χ4v) is 3.07. The summed E-state index contributed by atoms with van der Waals surface area (Å²) in [7, 11) is 1.69. The van der Waals surface area contributed by atoms with Gasteiger partial charge in [-0.3, -0.25) is 0 Å². The molecule has 2 aromatic rings. The van der Waals surface area contributed by atoms with Crippen LogP contribution in [-0.4, -0.2) is 7.05 Å². The molecule has 0 aliphatic heterocycles. The van der Waals surface area contributed by atoms with Crippen molar-refractivity contribution in [2.45, 2.75) is 22.5 Å². The number of hydrogen-bond acceptors (Lipinski definition) is 2. The number of halogens is 4. The molecular weight excluding hydrogens is 319 g/mol. The van der Waals surface area contributed by atoms with E-state index in [1.54, 1.807) is 37.4 Å². The minimum absolute atomic E-state index is 0.149. The van der Waals surface area contributed by atoms with E-state index in [4.69, 9.17) is 11.6 Å². The van der Waals surface area contributed by atoms with Gasteiger partial charge in [0.2, 0.25) is 0 Å². The van der Waals surface area contributed by atoms with Gasteiger partial charge >= 0.3 is 6.18 Å². The minimum atomic E-state index is -4.40. The Morgan fingerprint density at radius 1 is 1.10 bits per heavy atom. The Morgan fingerprint density at radius 3 is 2.43 bits per heavy atom. The van der Waals surface area contributed by atoms with Gasteiger partial charge in [-0.2, -0.15) is 13.2 Å². The summed E-state index contributed by atoms with van der Waals surface area (Å²) in [5, 5.41) is 3.29. The lowest BCUT2D eigenvalue weighted by Gasteiger charge is -2.14. The lowest BCUT2D eigenvalue weighted by Crippen LogP contribution is -2.10. The highest BCUT2D eigenvalue weighted by Crippen LogP contribution is 2.41. The molecule has 6 heteroatoms. The van der Waals surface area contributed by atoms with Crippen LogP contribution in [0.15, 0.2) is 52.3 Å². The van der Waals surface area contributed by atoms with Gasteiger partial charge in [-0.05, 0) is 36.9 Å². The van der Waals surface area contributed by atoms with Crippen molar-refractivity contribution in [1.82, 2.24) is 5.32 Å². The monoisotopic (exact) mass is 331 g/mol. The molecule has 2 aromatic carbocycles. The molecular formula is C15H13ClF3NS.